The number of nitrogens with one attached hydrogen (secondary N) is 9. The number of carboxylic acid groups (broad SMARTS) is 1. The van der Waals surface area contributed by atoms with Crippen LogP contribution in [0.1, 0.15) is 135 Å². The molecule has 0 spiro atoms. The number of hydrogen-bond acceptors (Lipinski definition) is 12. The molecule has 1 aromatic carbocycles. The quantitative estimate of drug-likeness (QED) is 0.0341. The summed E-state index contributed by atoms with van der Waals surface area (Å²) in [5.74, 6) is -9.18. The standard InChI is InChI=1S/C54H81ClN12O13/c1-31(49(75)64-39(48(56)74)18-9-11-23-58-45(70)20-6-4-5-16-37-32(2)62-54(80)66-37)26-43(68)33(3)61-50(76)34(14-13-24-59-53(57)79)28-44(69)41(27-35-30-60-38-17-8-7-15-36(35)38)65-51(77)42-19-10-12-25-67(42)52(78)40(21-22-47(72)73)63-46(71)29-55/h7-8,15,17,30-34,37,39-42,60H,4-6,9-14,16,18-29H2,1-3H3,(H2,56,74)(H,58,70)(H,61,76)(H,63,71)(H,64,75)(H,65,77)(H,72,73)(H3,57,59,79)(H2,62,66,80)/t31-,32-,33+,34-,37+,39+,40+,41+,42+/m1/s1. The normalized spacial score (nSPS) is 18.2. The second kappa shape index (κ2) is 33.3. The summed E-state index contributed by atoms with van der Waals surface area (Å²) in [6.45, 7) is 5.35. The lowest BCUT2D eigenvalue weighted by Crippen LogP contribution is -2.59. The van der Waals surface area contributed by atoms with Gasteiger partial charge in [0.1, 0.15) is 24.0 Å². The largest absolute Gasteiger partial charge is 0.481 e. The van der Waals surface area contributed by atoms with Gasteiger partial charge in [-0.3, -0.25) is 47.9 Å². The molecule has 3 heterocycles. The van der Waals surface area contributed by atoms with Gasteiger partial charge in [-0.2, -0.15) is 0 Å². The van der Waals surface area contributed by atoms with E-state index in [1.165, 1.54) is 18.7 Å². The molecule has 11 amide bonds. The second-order valence-electron chi connectivity index (χ2n) is 20.9. The van der Waals surface area contributed by atoms with Gasteiger partial charge in [0.2, 0.25) is 41.4 Å². The highest BCUT2D eigenvalue weighted by Crippen LogP contribution is 2.24. The predicted molar refractivity (Wildman–Crippen MR) is 295 cm³/mol. The number of fused-ring (bicyclic) bond motifs is 1. The number of hydrogen-bond donors (Lipinski definition) is 12. The zero-order valence-corrected chi connectivity index (χ0v) is 46.7. The van der Waals surface area contributed by atoms with Crippen LogP contribution < -0.4 is 54.0 Å². The average molecular weight is 1140 g/mol. The maximum atomic E-state index is 14.6. The molecule has 0 aliphatic carbocycles. The first-order valence-corrected chi connectivity index (χ1v) is 28.2. The van der Waals surface area contributed by atoms with Crippen LogP contribution in [0.4, 0.5) is 9.59 Å². The number of likely N-dealkylation sites (tertiary alicyclic amines) is 1. The smallest absolute Gasteiger partial charge is 0.315 e. The number of halogens is 1. The van der Waals surface area contributed by atoms with Crippen LogP contribution in [0, 0.1) is 11.8 Å². The Morgan fingerprint density at radius 3 is 2.17 bits per heavy atom. The number of unbranched alkanes of at least 4 members (excludes halogenated alkanes) is 3. The number of ketones is 2. The van der Waals surface area contributed by atoms with E-state index in [9.17, 15) is 62.6 Å². The number of carboxylic acids is 1. The van der Waals surface area contributed by atoms with Gasteiger partial charge in [-0.15, -0.1) is 11.6 Å². The fourth-order valence-electron chi connectivity index (χ4n) is 9.89. The van der Waals surface area contributed by atoms with Crippen molar-refractivity contribution in [3.8, 4) is 0 Å². The van der Waals surface area contributed by atoms with Crippen LogP contribution in [0.3, 0.4) is 0 Å². The number of aromatic amines is 1. The molecule has 0 unspecified atom stereocenters. The summed E-state index contributed by atoms with van der Waals surface area (Å²) >= 11 is 5.70. The molecule has 80 heavy (non-hydrogen) atoms. The molecule has 0 saturated carbocycles. The van der Waals surface area contributed by atoms with Crippen LogP contribution in [0.5, 0.6) is 0 Å². The summed E-state index contributed by atoms with van der Waals surface area (Å²) < 4.78 is 0. The van der Waals surface area contributed by atoms with Gasteiger partial charge in [0, 0.05) is 86.7 Å². The number of alkyl halides is 1. The van der Waals surface area contributed by atoms with Gasteiger partial charge in [-0.05, 0) is 96.1 Å². The minimum absolute atomic E-state index is 0.0187. The molecule has 9 atom stereocenters. The number of para-hydroxylation sites is 1. The molecule has 25 nitrogen and oxygen atoms in total. The summed E-state index contributed by atoms with van der Waals surface area (Å²) in [4.78, 5) is 160. The SMILES string of the molecule is C[C@H](CC(=O)[C@H](C)NC(=O)[C@H](CCCNC(N)=O)CC(=O)[C@H](Cc1c[nH]c2ccccc12)NC(=O)[C@@H]1CCCCN1C(=O)[C@H](CCC(=O)O)NC(=O)CCl)C(=O)N[C@@H](CCCCNC(=O)CCCCC[C@@H]1NC(=O)N[C@@H]1C)C(N)=O. The highest BCUT2D eigenvalue weighted by Gasteiger charge is 2.39. The number of aliphatic carboxylic acids is 1. The number of Topliss-reactive ketones (excluding diaryl/α,β-unsaturated/α-hetero) is 2. The number of carbonyl (C=O) groups excluding carboxylic acids is 11. The lowest BCUT2D eigenvalue weighted by atomic mass is 9.90. The Bertz CT molecular complexity index is 2510. The Kier molecular flexibility index (Phi) is 27.2. The number of amides is 11. The second-order valence-corrected chi connectivity index (χ2v) is 21.1. The molecule has 2 aliphatic rings. The van der Waals surface area contributed by atoms with Crippen molar-refractivity contribution in [2.75, 3.05) is 25.5 Å². The Labute approximate surface area is 470 Å². The Morgan fingerprint density at radius 2 is 1.49 bits per heavy atom. The Hall–Kier alpha value is -7.31. The number of rotatable bonds is 36. The van der Waals surface area contributed by atoms with E-state index in [4.69, 9.17) is 23.1 Å². The maximum absolute atomic E-state index is 14.6. The number of benzene rings is 1. The third-order valence-corrected chi connectivity index (χ3v) is 14.8. The van der Waals surface area contributed by atoms with Crippen LogP contribution in [0.2, 0.25) is 0 Å². The molecule has 442 valence electrons. The highest BCUT2D eigenvalue weighted by molar-refractivity contribution is 6.27. The van der Waals surface area contributed by atoms with E-state index in [1.54, 1.807) is 12.3 Å². The van der Waals surface area contributed by atoms with Crippen LogP contribution in [-0.4, -0.2) is 154 Å². The van der Waals surface area contributed by atoms with Crippen molar-refractivity contribution in [3.05, 3.63) is 36.0 Å². The van der Waals surface area contributed by atoms with Crippen molar-refractivity contribution in [3.63, 3.8) is 0 Å². The number of primary amides is 2. The third-order valence-electron chi connectivity index (χ3n) is 14.5. The summed E-state index contributed by atoms with van der Waals surface area (Å²) in [6.07, 6.45) is 6.25. The van der Waals surface area contributed by atoms with Gasteiger partial charge >= 0.3 is 18.0 Å². The highest BCUT2D eigenvalue weighted by atomic mass is 35.5. The first kappa shape index (κ1) is 65.2. The number of nitrogens with zero attached hydrogens (tertiary/aromatic N) is 1. The first-order valence-electron chi connectivity index (χ1n) is 27.6. The molecule has 26 heteroatoms. The molecule has 2 saturated heterocycles. The number of carbonyl (C=O) groups is 12. The van der Waals surface area contributed by atoms with Gasteiger partial charge in [0.25, 0.3) is 0 Å². The van der Waals surface area contributed by atoms with Crippen molar-refractivity contribution in [1.29, 1.82) is 0 Å². The molecule has 2 fully saturated rings. The van der Waals surface area contributed by atoms with Crippen molar-refractivity contribution in [2.24, 2.45) is 23.3 Å². The van der Waals surface area contributed by atoms with Crippen molar-refractivity contribution < 1.29 is 62.6 Å². The number of H-pyrrole nitrogens is 1. The number of urea groups is 2. The third kappa shape index (κ3) is 21.7. The molecule has 1 aromatic heterocycles. The van der Waals surface area contributed by atoms with E-state index in [0.717, 1.165) is 30.2 Å². The van der Waals surface area contributed by atoms with Crippen molar-refractivity contribution >= 4 is 93.5 Å². The van der Waals surface area contributed by atoms with E-state index in [1.807, 2.05) is 25.1 Å². The summed E-state index contributed by atoms with van der Waals surface area (Å²) in [5, 5.41) is 31.7. The van der Waals surface area contributed by atoms with Crippen LogP contribution in [-0.2, 0) is 54.4 Å². The summed E-state index contributed by atoms with van der Waals surface area (Å²) in [7, 11) is 0. The predicted octanol–water partition coefficient (Wildman–Crippen LogP) is 1.57. The van der Waals surface area contributed by atoms with E-state index in [-0.39, 0.29) is 82.1 Å². The molecule has 2 aromatic rings. The monoisotopic (exact) mass is 1140 g/mol. The minimum Gasteiger partial charge on any atom is -0.481 e. The minimum atomic E-state index is -1.30. The van der Waals surface area contributed by atoms with Gasteiger partial charge in [-0.1, -0.05) is 38.0 Å². The van der Waals surface area contributed by atoms with Gasteiger partial charge < -0.3 is 69.0 Å². The zero-order chi connectivity index (χ0) is 58.9. The van der Waals surface area contributed by atoms with Crippen molar-refractivity contribution in [2.45, 2.75) is 179 Å². The van der Waals surface area contributed by atoms with Crippen LogP contribution in [0.25, 0.3) is 10.9 Å². The summed E-state index contributed by atoms with van der Waals surface area (Å²) in [5.41, 5.74) is 12.3. The average Bonchev–Trinajstić information content (AvgIpc) is 4.05. The van der Waals surface area contributed by atoms with Crippen LogP contribution in [0.15, 0.2) is 30.5 Å². The number of nitrogens with two attached hydrogens (primary N) is 2. The molecule has 4 rings (SSSR count). The molecule has 0 radical (unpaired) electrons. The van der Waals surface area contributed by atoms with Gasteiger partial charge in [0.15, 0.2) is 11.6 Å². The van der Waals surface area contributed by atoms with Gasteiger partial charge in [-0.25, -0.2) is 9.59 Å². The molecule has 2 aliphatic heterocycles. The Balaban J connectivity index is 1.38. The zero-order valence-electron chi connectivity index (χ0n) is 46.0. The van der Waals surface area contributed by atoms with Crippen molar-refractivity contribution in [1.82, 2.24) is 52.4 Å². The molecular weight excluding hydrogens is 1060 g/mol. The topological polar surface area (TPSA) is 392 Å². The fraction of sp³-hybridized carbons (Fsp3) is 0.630. The maximum Gasteiger partial charge on any atom is 0.315 e. The lowest BCUT2D eigenvalue weighted by Gasteiger charge is -2.37. The molecule has 0 bridgehead atoms. The van der Waals surface area contributed by atoms with E-state index < -0.39 is 120 Å². The number of aromatic nitrogens is 1. The summed E-state index contributed by atoms with van der Waals surface area (Å²) in [6, 6.07) is 0.545. The molecule has 14 N–H and O–H groups in total. The van der Waals surface area contributed by atoms with Gasteiger partial charge in [0.05, 0.1) is 18.1 Å². The molecular formula is C54H81ClN12O13. The van der Waals surface area contributed by atoms with E-state index in [0.29, 0.717) is 50.6 Å². The fourth-order valence-corrected chi connectivity index (χ4v) is 9.97. The Morgan fingerprint density at radius 1 is 0.750 bits per heavy atom. The lowest BCUT2D eigenvalue weighted by molar-refractivity contribution is -0.146. The number of piperidine rings is 1. The van der Waals surface area contributed by atoms with Crippen LogP contribution >= 0.6 is 11.6 Å². The van der Waals surface area contributed by atoms with E-state index in [2.05, 4.69) is 47.5 Å². The first-order chi connectivity index (χ1) is 38.1. The van der Waals surface area contributed by atoms with E-state index >= 15 is 0 Å².